The zero-order valence-corrected chi connectivity index (χ0v) is 13.3. The van der Waals surface area contributed by atoms with Gasteiger partial charge in [0.1, 0.15) is 11.6 Å². The summed E-state index contributed by atoms with van der Waals surface area (Å²) in [4.78, 5) is 6.49. The van der Waals surface area contributed by atoms with Gasteiger partial charge in [0.25, 0.3) is 0 Å². The Morgan fingerprint density at radius 2 is 2.11 bits per heavy atom. The number of hydrogen-bond acceptors (Lipinski definition) is 4. The van der Waals surface area contributed by atoms with Crippen LogP contribution in [0.1, 0.15) is 20.3 Å². The number of nitrogens with one attached hydrogen (secondary N) is 1. The number of ether oxygens (including phenoxy) is 1. The molecule has 1 unspecified atom stereocenters. The summed E-state index contributed by atoms with van der Waals surface area (Å²) < 4.78 is 5.15. The monoisotopic (exact) mass is 305 g/mol. The minimum absolute atomic E-state index is 0.176. The molecule has 4 nitrogen and oxygen atoms in total. The van der Waals surface area contributed by atoms with E-state index in [0.29, 0.717) is 28.3 Å². The lowest BCUT2D eigenvalue weighted by Gasteiger charge is -2.26. The predicted molar refractivity (Wildman–Crippen MR) is 82.8 cm³/mol. The van der Waals surface area contributed by atoms with Crippen LogP contribution in [0.15, 0.2) is 6.07 Å². The molecule has 0 radical (unpaired) electrons. The third-order valence-electron chi connectivity index (χ3n) is 2.86. The van der Waals surface area contributed by atoms with Gasteiger partial charge in [-0.05, 0) is 19.4 Å². The summed E-state index contributed by atoms with van der Waals surface area (Å²) in [7, 11) is 3.62. The van der Waals surface area contributed by atoms with Crippen LogP contribution >= 0.6 is 23.2 Å². The van der Waals surface area contributed by atoms with Crippen LogP contribution in [-0.2, 0) is 4.74 Å². The van der Waals surface area contributed by atoms with Crippen molar-refractivity contribution in [1.29, 1.82) is 0 Å². The van der Waals surface area contributed by atoms with Gasteiger partial charge in [0.15, 0.2) is 0 Å². The Kier molecular flexibility index (Phi) is 6.69. The van der Waals surface area contributed by atoms with E-state index in [1.165, 1.54) is 0 Å². The second kappa shape index (κ2) is 7.78. The van der Waals surface area contributed by atoms with Gasteiger partial charge < -0.3 is 15.0 Å². The lowest BCUT2D eigenvalue weighted by molar-refractivity contribution is 0.183. The highest BCUT2D eigenvalue weighted by atomic mass is 35.5. The first kappa shape index (κ1) is 16.3. The molecule has 1 atom stereocenters. The first-order chi connectivity index (χ1) is 9.01. The molecule has 0 amide bonds. The van der Waals surface area contributed by atoms with Gasteiger partial charge in [0.05, 0.1) is 22.7 Å². The molecule has 1 N–H and O–H groups in total. The van der Waals surface area contributed by atoms with Crippen LogP contribution in [0.5, 0.6) is 0 Å². The molecular formula is C13H21Cl2N3O. The van der Waals surface area contributed by atoms with Crippen LogP contribution in [0.2, 0.25) is 10.0 Å². The largest absolute Gasteiger partial charge is 0.383 e. The van der Waals surface area contributed by atoms with Gasteiger partial charge in [-0.25, -0.2) is 4.98 Å². The number of anilines is 2. The number of pyridine rings is 1. The van der Waals surface area contributed by atoms with Crippen molar-refractivity contribution in [2.24, 2.45) is 0 Å². The molecule has 0 aliphatic carbocycles. The minimum Gasteiger partial charge on any atom is -0.383 e. The molecule has 0 fully saturated rings. The van der Waals surface area contributed by atoms with Crippen LogP contribution in [0, 0.1) is 0 Å². The summed E-state index contributed by atoms with van der Waals surface area (Å²) in [5.41, 5.74) is 0. The van der Waals surface area contributed by atoms with Gasteiger partial charge in [-0.3, -0.25) is 0 Å². The average molecular weight is 306 g/mol. The van der Waals surface area contributed by atoms with E-state index in [0.717, 1.165) is 13.0 Å². The van der Waals surface area contributed by atoms with Gasteiger partial charge >= 0.3 is 0 Å². The molecule has 0 aliphatic rings. The highest BCUT2D eigenvalue weighted by Crippen LogP contribution is 2.31. The fourth-order valence-corrected chi connectivity index (χ4v) is 2.19. The smallest absolute Gasteiger partial charge is 0.150 e. The van der Waals surface area contributed by atoms with Crippen molar-refractivity contribution in [3.8, 4) is 0 Å². The number of rotatable bonds is 7. The van der Waals surface area contributed by atoms with Gasteiger partial charge in [0.2, 0.25) is 0 Å². The van der Waals surface area contributed by atoms with Crippen molar-refractivity contribution in [3.63, 3.8) is 0 Å². The maximum atomic E-state index is 6.22. The third-order valence-corrected chi connectivity index (χ3v) is 3.42. The fraction of sp³-hybridized carbons (Fsp3) is 0.615. The summed E-state index contributed by atoms with van der Waals surface area (Å²) >= 11 is 12.3. The molecule has 1 aromatic rings. The van der Waals surface area contributed by atoms with E-state index < -0.39 is 0 Å². The summed E-state index contributed by atoms with van der Waals surface area (Å²) in [5.74, 6) is 1.37. The molecule has 0 saturated carbocycles. The van der Waals surface area contributed by atoms with Crippen molar-refractivity contribution in [3.05, 3.63) is 16.1 Å². The van der Waals surface area contributed by atoms with Gasteiger partial charge in [0, 0.05) is 20.7 Å². The van der Waals surface area contributed by atoms with Crippen LogP contribution in [0.25, 0.3) is 0 Å². The summed E-state index contributed by atoms with van der Waals surface area (Å²) in [5, 5.41) is 4.27. The molecule has 0 bridgehead atoms. The Morgan fingerprint density at radius 1 is 1.42 bits per heavy atom. The standard InChI is InChI=1S/C13H21Cl2N3O/c1-5-6-16-12-10(14)7-11(15)13(17-12)18(3)9(2)8-19-4/h7,9H,5-6,8H2,1-4H3,(H,16,17). The second-order valence-corrected chi connectivity index (χ2v) is 5.28. The number of halogens is 2. The van der Waals surface area contributed by atoms with Crippen molar-refractivity contribution in [2.75, 3.05) is 37.5 Å². The molecule has 0 saturated heterocycles. The lowest BCUT2D eigenvalue weighted by atomic mass is 10.3. The van der Waals surface area contributed by atoms with Crippen LogP contribution < -0.4 is 10.2 Å². The number of nitrogens with zero attached hydrogens (tertiary/aromatic N) is 2. The Morgan fingerprint density at radius 3 is 2.68 bits per heavy atom. The minimum atomic E-state index is 0.176. The maximum Gasteiger partial charge on any atom is 0.150 e. The summed E-state index contributed by atoms with van der Waals surface area (Å²) in [6.07, 6.45) is 1.01. The van der Waals surface area contributed by atoms with E-state index in [9.17, 15) is 0 Å². The van der Waals surface area contributed by atoms with Crippen LogP contribution in [0.4, 0.5) is 11.6 Å². The quantitative estimate of drug-likeness (QED) is 0.834. The van der Waals surface area contributed by atoms with E-state index in [4.69, 9.17) is 27.9 Å². The van der Waals surface area contributed by atoms with Gasteiger partial charge in [-0.1, -0.05) is 30.1 Å². The molecule has 1 aromatic heterocycles. The van der Waals surface area contributed by atoms with E-state index in [1.54, 1.807) is 13.2 Å². The Labute approximate surface area is 125 Å². The van der Waals surface area contributed by atoms with Crippen molar-refractivity contribution in [2.45, 2.75) is 26.3 Å². The predicted octanol–water partition coefficient (Wildman–Crippen LogP) is 3.68. The molecule has 0 aliphatic heterocycles. The Hall–Kier alpha value is -0.710. The second-order valence-electron chi connectivity index (χ2n) is 4.47. The molecule has 19 heavy (non-hydrogen) atoms. The summed E-state index contributed by atoms with van der Waals surface area (Å²) in [6.45, 7) is 5.57. The van der Waals surface area contributed by atoms with Crippen LogP contribution in [0.3, 0.4) is 0 Å². The topological polar surface area (TPSA) is 37.4 Å². The molecule has 1 heterocycles. The number of aromatic nitrogens is 1. The van der Waals surface area contributed by atoms with E-state index in [2.05, 4.69) is 24.1 Å². The van der Waals surface area contributed by atoms with Gasteiger partial charge in [-0.2, -0.15) is 0 Å². The summed E-state index contributed by atoms with van der Waals surface area (Å²) in [6, 6.07) is 1.90. The SMILES string of the molecule is CCCNc1nc(N(C)C(C)COC)c(Cl)cc1Cl. The fourth-order valence-electron chi connectivity index (χ4n) is 1.63. The van der Waals surface area contributed by atoms with Crippen LogP contribution in [-0.4, -0.2) is 38.3 Å². The molecule has 1 rings (SSSR count). The lowest BCUT2D eigenvalue weighted by Crippen LogP contribution is -2.33. The normalized spacial score (nSPS) is 12.3. The highest BCUT2D eigenvalue weighted by molar-refractivity contribution is 6.37. The zero-order chi connectivity index (χ0) is 14.4. The Balaban J connectivity index is 2.99. The molecule has 108 valence electrons. The average Bonchev–Trinajstić information content (AvgIpc) is 2.37. The van der Waals surface area contributed by atoms with Crippen molar-refractivity contribution in [1.82, 2.24) is 4.98 Å². The first-order valence-corrected chi connectivity index (χ1v) is 7.08. The van der Waals surface area contributed by atoms with Crippen molar-refractivity contribution < 1.29 is 4.74 Å². The molecule has 0 spiro atoms. The Bertz CT molecular complexity index is 415. The van der Waals surface area contributed by atoms with Gasteiger partial charge in [-0.15, -0.1) is 0 Å². The first-order valence-electron chi connectivity index (χ1n) is 6.32. The molecular weight excluding hydrogens is 285 g/mol. The van der Waals surface area contributed by atoms with E-state index in [1.807, 2.05) is 11.9 Å². The van der Waals surface area contributed by atoms with E-state index in [-0.39, 0.29) is 6.04 Å². The maximum absolute atomic E-state index is 6.22. The molecule has 6 heteroatoms. The zero-order valence-electron chi connectivity index (χ0n) is 11.8. The number of likely N-dealkylation sites (N-methyl/N-ethyl adjacent to an activating group) is 1. The van der Waals surface area contributed by atoms with Crippen molar-refractivity contribution >= 4 is 34.8 Å². The molecule has 0 aromatic carbocycles. The third kappa shape index (κ3) is 4.41. The number of hydrogen-bond donors (Lipinski definition) is 1. The van der Waals surface area contributed by atoms with E-state index >= 15 is 0 Å². The highest BCUT2D eigenvalue weighted by Gasteiger charge is 2.17. The number of methoxy groups -OCH3 is 1.